The Morgan fingerprint density at radius 2 is 2.39 bits per heavy atom. The van der Waals surface area contributed by atoms with Gasteiger partial charge < -0.3 is 15.2 Å². The fourth-order valence-corrected chi connectivity index (χ4v) is 2.16. The van der Waals surface area contributed by atoms with Crippen LogP contribution >= 0.6 is 11.6 Å². The van der Waals surface area contributed by atoms with Gasteiger partial charge in [0.15, 0.2) is 0 Å². The zero-order chi connectivity index (χ0) is 13.0. The largest absolute Gasteiger partial charge is 0.507 e. The number of ether oxygens (including phenoxy) is 1. The molecule has 1 heterocycles. The van der Waals surface area contributed by atoms with Crippen LogP contribution in [0.25, 0.3) is 0 Å². The molecule has 1 amide bonds. The van der Waals surface area contributed by atoms with Gasteiger partial charge in [0.1, 0.15) is 5.75 Å². The summed E-state index contributed by atoms with van der Waals surface area (Å²) in [5.74, 6) is -0.0126. The van der Waals surface area contributed by atoms with Crippen LogP contribution in [0.1, 0.15) is 23.2 Å². The number of carbonyl (C=O) groups excluding carboxylic acids is 1. The highest BCUT2D eigenvalue weighted by Crippen LogP contribution is 2.21. The van der Waals surface area contributed by atoms with Gasteiger partial charge in [0, 0.05) is 18.2 Å². The van der Waals surface area contributed by atoms with E-state index in [0.29, 0.717) is 24.1 Å². The van der Waals surface area contributed by atoms with Crippen LogP contribution in [0.4, 0.5) is 0 Å². The second-order valence-corrected chi connectivity index (χ2v) is 4.89. The topological polar surface area (TPSA) is 58.6 Å². The Kier molecular flexibility index (Phi) is 4.44. The first-order chi connectivity index (χ1) is 8.66. The number of hydrogen-bond acceptors (Lipinski definition) is 3. The molecule has 1 saturated heterocycles. The van der Waals surface area contributed by atoms with Crippen molar-refractivity contribution in [1.82, 2.24) is 5.32 Å². The molecule has 0 aliphatic carbocycles. The molecular formula is C13H16ClNO3. The van der Waals surface area contributed by atoms with E-state index < -0.39 is 0 Å². The first-order valence-corrected chi connectivity index (χ1v) is 6.39. The van der Waals surface area contributed by atoms with E-state index in [9.17, 15) is 9.90 Å². The van der Waals surface area contributed by atoms with Crippen LogP contribution < -0.4 is 5.32 Å². The zero-order valence-electron chi connectivity index (χ0n) is 9.99. The van der Waals surface area contributed by atoms with Crippen molar-refractivity contribution < 1.29 is 14.6 Å². The molecule has 1 aliphatic rings. The third-order valence-electron chi connectivity index (χ3n) is 3.01. The van der Waals surface area contributed by atoms with E-state index in [2.05, 4.69) is 5.32 Å². The van der Waals surface area contributed by atoms with Crippen molar-refractivity contribution in [3.8, 4) is 5.75 Å². The number of rotatable bonds is 3. The van der Waals surface area contributed by atoms with Crippen molar-refractivity contribution >= 4 is 17.5 Å². The second-order valence-electron chi connectivity index (χ2n) is 4.45. The van der Waals surface area contributed by atoms with Gasteiger partial charge in [-0.15, -0.1) is 0 Å². The molecule has 0 saturated carbocycles. The van der Waals surface area contributed by atoms with Crippen LogP contribution in [0.15, 0.2) is 18.2 Å². The van der Waals surface area contributed by atoms with Crippen molar-refractivity contribution in [3.05, 3.63) is 28.8 Å². The minimum Gasteiger partial charge on any atom is -0.507 e. The molecule has 0 bridgehead atoms. The minimum absolute atomic E-state index is 0.0585. The molecule has 1 unspecified atom stereocenters. The van der Waals surface area contributed by atoms with Gasteiger partial charge in [0.05, 0.1) is 12.2 Å². The van der Waals surface area contributed by atoms with Crippen molar-refractivity contribution in [2.24, 2.45) is 5.92 Å². The molecule has 98 valence electrons. The smallest absolute Gasteiger partial charge is 0.255 e. The normalized spacial score (nSPS) is 19.5. The van der Waals surface area contributed by atoms with E-state index in [1.54, 1.807) is 6.07 Å². The van der Waals surface area contributed by atoms with Gasteiger partial charge in [-0.2, -0.15) is 0 Å². The number of carbonyl (C=O) groups is 1. The Morgan fingerprint density at radius 3 is 3.11 bits per heavy atom. The average molecular weight is 270 g/mol. The molecule has 1 atom stereocenters. The standard InChI is InChI=1S/C13H16ClNO3/c14-10-3-4-12(16)11(6-10)13(17)15-7-9-2-1-5-18-8-9/h3-4,6,9,16H,1-2,5,7-8H2,(H,15,17). The molecule has 2 rings (SSSR count). The molecule has 1 aromatic rings. The number of phenolic OH excluding ortho intramolecular Hbond substituents is 1. The number of phenols is 1. The number of nitrogens with one attached hydrogen (secondary N) is 1. The average Bonchev–Trinajstić information content (AvgIpc) is 2.40. The quantitative estimate of drug-likeness (QED) is 0.884. The maximum Gasteiger partial charge on any atom is 0.255 e. The van der Waals surface area contributed by atoms with Crippen LogP contribution in [0.5, 0.6) is 5.75 Å². The van der Waals surface area contributed by atoms with Crippen molar-refractivity contribution in [2.75, 3.05) is 19.8 Å². The van der Waals surface area contributed by atoms with E-state index in [4.69, 9.17) is 16.3 Å². The Morgan fingerprint density at radius 1 is 1.56 bits per heavy atom. The number of benzene rings is 1. The van der Waals surface area contributed by atoms with Gasteiger partial charge in [0.25, 0.3) is 5.91 Å². The molecule has 5 heteroatoms. The number of halogens is 1. The third kappa shape index (κ3) is 3.37. The van der Waals surface area contributed by atoms with Crippen LogP contribution in [0.2, 0.25) is 5.02 Å². The summed E-state index contributed by atoms with van der Waals surface area (Å²) in [5.41, 5.74) is 0.208. The fraction of sp³-hybridized carbons (Fsp3) is 0.462. The van der Waals surface area contributed by atoms with Gasteiger partial charge in [-0.3, -0.25) is 4.79 Å². The summed E-state index contributed by atoms with van der Waals surface area (Å²) >= 11 is 5.80. The Balaban J connectivity index is 1.92. The highest BCUT2D eigenvalue weighted by atomic mass is 35.5. The molecular weight excluding hydrogens is 254 g/mol. The third-order valence-corrected chi connectivity index (χ3v) is 3.24. The summed E-state index contributed by atoms with van der Waals surface area (Å²) in [4.78, 5) is 11.9. The van der Waals surface area contributed by atoms with E-state index >= 15 is 0 Å². The molecule has 18 heavy (non-hydrogen) atoms. The van der Waals surface area contributed by atoms with Gasteiger partial charge in [-0.25, -0.2) is 0 Å². The Labute approximate surface area is 111 Å². The van der Waals surface area contributed by atoms with E-state index in [1.807, 2.05) is 0 Å². The van der Waals surface area contributed by atoms with Crippen molar-refractivity contribution in [3.63, 3.8) is 0 Å². The molecule has 0 radical (unpaired) electrons. The lowest BCUT2D eigenvalue weighted by Gasteiger charge is -2.22. The molecule has 0 aromatic heterocycles. The molecule has 1 aliphatic heterocycles. The predicted molar refractivity (Wildman–Crippen MR) is 69.0 cm³/mol. The Hall–Kier alpha value is -1.26. The predicted octanol–water partition coefficient (Wildman–Crippen LogP) is 2.20. The number of aromatic hydroxyl groups is 1. The van der Waals surface area contributed by atoms with Crippen LogP contribution in [-0.2, 0) is 4.74 Å². The monoisotopic (exact) mass is 269 g/mol. The molecule has 1 aromatic carbocycles. The van der Waals surface area contributed by atoms with E-state index in [0.717, 1.165) is 19.4 Å². The number of hydrogen-bond donors (Lipinski definition) is 2. The van der Waals surface area contributed by atoms with Gasteiger partial charge in [-0.1, -0.05) is 11.6 Å². The van der Waals surface area contributed by atoms with Crippen molar-refractivity contribution in [2.45, 2.75) is 12.8 Å². The van der Waals surface area contributed by atoms with Crippen molar-refractivity contribution in [1.29, 1.82) is 0 Å². The zero-order valence-corrected chi connectivity index (χ0v) is 10.7. The minimum atomic E-state index is -0.305. The van der Waals surface area contributed by atoms with Crippen LogP contribution in [0.3, 0.4) is 0 Å². The van der Waals surface area contributed by atoms with Crippen LogP contribution in [-0.4, -0.2) is 30.8 Å². The summed E-state index contributed by atoms with van der Waals surface area (Å²) in [6, 6.07) is 4.42. The first kappa shape index (κ1) is 13.2. The maximum atomic E-state index is 11.9. The lowest BCUT2D eigenvalue weighted by Crippen LogP contribution is -2.33. The summed E-state index contributed by atoms with van der Waals surface area (Å²) in [7, 11) is 0. The molecule has 2 N–H and O–H groups in total. The summed E-state index contributed by atoms with van der Waals surface area (Å²) < 4.78 is 5.34. The SMILES string of the molecule is O=C(NCC1CCCOC1)c1cc(Cl)ccc1O. The lowest BCUT2D eigenvalue weighted by atomic mass is 10.0. The molecule has 1 fully saturated rings. The highest BCUT2D eigenvalue weighted by molar-refractivity contribution is 6.31. The highest BCUT2D eigenvalue weighted by Gasteiger charge is 2.17. The fourth-order valence-electron chi connectivity index (χ4n) is 1.99. The second kappa shape index (κ2) is 6.07. The maximum absolute atomic E-state index is 11.9. The van der Waals surface area contributed by atoms with E-state index in [-0.39, 0.29) is 17.2 Å². The molecule has 4 nitrogen and oxygen atoms in total. The Bertz CT molecular complexity index is 430. The van der Waals surface area contributed by atoms with Gasteiger partial charge in [0.2, 0.25) is 0 Å². The first-order valence-electron chi connectivity index (χ1n) is 6.01. The van der Waals surface area contributed by atoms with E-state index in [1.165, 1.54) is 12.1 Å². The van der Waals surface area contributed by atoms with Crippen LogP contribution in [0, 0.1) is 5.92 Å². The summed E-state index contributed by atoms with van der Waals surface area (Å²) in [6.45, 7) is 2.05. The molecule has 0 spiro atoms. The summed E-state index contributed by atoms with van der Waals surface area (Å²) in [6.07, 6.45) is 2.09. The van der Waals surface area contributed by atoms with Gasteiger partial charge in [-0.05, 0) is 37.0 Å². The summed E-state index contributed by atoms with van der Waals surface area (Å²) in [5, 5.41) is 12.8. The lowest BCUT2D eigenvalue weighted by molar-refractivity contribution is 0.0536. The number of amides is 1. The van der Waals surface area contributed by atoms with Gasteiger partial charge >= 0.3 is 0 Å².